The number of rotatable bonds is 8. The van der Waals surface area contributed by atoms with Gasteiger partial charge in [-0.1, -0.05) is 25.3 Å². The third-order valence-electron chi connectivity index (χ3n) is 1.78. The van der Waals surface area contributed by atoms with Gasteiger partial charge in [-0.05, 0) is 26.0 Å². The zero-order chi connectivity index (χ0) is 10.8. The van der Waals surface area contributed by atoms with E-state index in [2.05, 4.69) is 29.9 Å². The molecule has 0 radical (unpaired) electrons. The highest BCUT2D eigenvalue weighted by Crippen LogP contribution is 2.04. The number of allylic oxidation sites excluding steroid dienone is 2. The highest BCUT2D eigenvalue weighted by Gasteiger charge is 2.01. The molecular formula is C11H18N2O. The van der Waals surface area contributed by atoms with Gasteiger partial charge in [0, 0.05) is 11.7 Å². The van der Waals surface area contributed by atoms with Crippen LogP contribution in [-0.4, -0.2) is 12.5 Å². The van der Waals surface area contributed by atoms with Crippen LogP contribution in [0.3, 0.4) is 0 Å². The van der Waals surface area contributed by atoms with E-state index in [4.69, 9.17) is 0 Å². The van der Waals surface area contributed by atoms with Crippen molar-refractivity contribution in [3.63, 3.8) is 0 Å². The Morgan fingerprint density at radius 3 is 2.79 bits per heavy atom. The number of hydrogen-bond donors (Lipinski definition) is 2. The number of carbonyl (C=O) groups is 1. The van der Waals surface area contributed by atoms with Crippen LogP contribution in [-0.2, 0) is 4.79 Å². The van der Waals surface area contributed by atoms with E-state index in [0.717, 1.165) is 18.5 Å². The second-order valence-electron chi connectivity index (χ2n) is 2.91. The van der Waals surface area contributed by atoms with E-state index in [0.29, 0.717) is 6.41 Å². The summed E-state index contributed by atoms with van der Waals surface area (Å²) in [5.41, 5.74) is 0.736. The third kappa shape index (κ3) is 6.06. The summed E-state index contributed by atoms with van der Waals surface area (Å²) in [5.74, 6) is 0. The quantitative estimate of drug-likeness (QED) is 0.456. The van der Waals surface area contributed by atoms with Crippen LogP contribution < -0.4 is 10.6 Å². The van der Waals surface area contributed by atoms with E-state index in [1.54, 1.807) is 6.20 Å². The molecule has 0 aromatic heterocycles. The smallest absolute Gasteiger partial charge is 0.211 e. The maximum Gasteiger partial charge on any atom is 0.211 e. The first-order valence-corrected chi connectivity index (χ1v) is 4.62. The first-order chi connectivity index (χ1) is 6.74. The molecule has 78 valence electrons. The Morgan fingerprint density at radius 1 is 1.57 bits per heavy atom. The summed E-state index contributed by atoms with van der Waals surface area (Å²) in [5, 5.41) is 5.63. The summed E-state index contributed by atoms with van der Waals surface area (Å²) in [6.07, 6.45) is 7.99. The van der Waals surface area contributed by atoms with Crippen molar-refractivity contribution in [3.8, 4) is 0 Å². The minimum absolute atomic E-state index is 0.253. The number of nitrogens with one attached hydrogen (secondary N) is 2. The predicted molar refractivity (Wildman–Crippen MR) is 59.5 cm³/mol. The zero-order valence-corrected chi connectivity index (χ0v) is 8.62. The normalized spacial score (nSPS) is 12.1. The van der Waals surface area contributed by atoms with Gasteiger partial charge < -0.3 is 10.6 Å². The van der Waals surface area contributed by atoms with Crippen LogP contribution in [0.2, 0.25) is 0 Å². The maximum atomic E-state index is 10.1. The fourth-order valence-corrected chi connectivity index (χ4v) is 1.10. The molecule has 0 aromatic carbocycles. The number of hydrogen-bond acceptors (Lipinski definition) is 2. The Kier molecular flexibility index (Phi) is 7.23. The lowest BCUT2D eigenvalue weighted by Crippen LogP contribution is -2.22. The second-order valence-corrected chi connectivity index (χ2v) is 2.91. The van der Waals surface area contributed by atoms with E-state index in [1.807, 2.05) is 13.0 Å². The molecule has 0 rings (SSSR count). The standard InChI is InChI=1S/C11H18N2O/c1-4-6-11(12-5-2)8-7-10(3)13-9-14/h4-6,9,11-12H,2-3,7-8H2,1H3,(H,13,14)/b6-4+. The van der Waals surface area contributed by atoms with Crippen molar-refractivity contribution >= 4 is 6.41 Å². The first-order valence-electron chi connectivity index (χ1n) is 4.62. The minimum atomic E-state index is 0.253. The minimum Gasteiger partial charge on any atom is -0.385 e. The highest BCUT2D eigenvalue weighted by molar-refractivity contribution is 5.49. The van der Waals surface area contributed by atoms with E-state index in [9.17, 15) is 4.79 Å². The lowest BCUT2D eigenvalue weighted by molar-refractivity contribution is -0.108. The van der Waals surface area contributed by atoms with Gasteiger partial charge in [0.1, 0.15) is 0 Å². The molecule has 0 heterocycles. The van der Waals surface area contributed by atoms with Gasteiger partial charge in [0.25, 0.3) is 0 Å². The molecule has 0 aromatic rings. The molecule has 0 fully saturated rings. The van der Waals surface area contributed by atoms with Crippen molar-refractivity contribution in [1.29, 1.82) is 0 Å². The van der Waals surface area contributed by atoms with Gasteiger partial charge in [-0.25, -0.2) is 0 Å². The molecule has 14 heavy (non-hydrogen) atoms. The van der Waals surface area contributed by atoms with Gasteiger partial charge in [0.2, 0.25) is 6.41 Å². The molecule has 3 nitrogen and oxygen atoms in total. The van der Waals surface area contributed by atoms with Crippen molar-refractivity contribution in [2.75, 3.05) is 0 Å². The molecule has 1 atom stereocenters. The van der Waals surface area contributed by atoms with Crippen LogP contribution in [0.25, 0.3) is 0 Å². The SMILES string of the molecule is C=CNC(/C=C/C)CCC(=C)NC=O. The maximum absolute atomic E-state index is 10.1. The molecule has 0 bridgehead atoms. The Bertz CT molecular complexity index is 221. The fourth-order valence-electron chi connectivity index (χ4n) is 1.10. The van der Waals surface area contributed by atoms with Crippen molar-refractivity contribution in [3.05, 3.63) is 37.2 Å². The summed E-state index contributed by atoms with van der Waals surface area (Å²) in [4.78, 5) is 10.1. The Morgan fingerprint density at radius 2 is 2.29 bits per heavy atom. The lowest BCUT2D eigenvalue weighted by atomic mass is 10.1. The van der Waals surface area contributed by atoms with Gasteiger partial charge >= 0.3 is 0 Å². The van der Waals surface area contributed by atoms with Crippen molar-refractivity contribution in [2.24, 2.45) is 0 Å². The van der Waals surface area contributed by atoms with Gasteiger partial charge in [0.05, 0.1) is 0 Å². The van der Waals surface area contributed by atoms with E-state index < -0.39 is 0 Å². The molecule has 0 spiro atoms. The van der Waals surface area contributed by atoms with Crippen LogP contribution in [0.15, 0.2) is 37.2 Å². The zero-order valence-electron chi connectivity index (χ0n) is 8.62. The van der Waals surface area contributed by atoms with Crippen molar-refractivity contribution in [2.45, 2.75) is 25.8 Å². The lowest BCUT2D eigenvalue weighted by Gasteiger charge is -2.13. The van der Waals surface area contributed by atoms with Gasteiger partial charge in [-0.3, -0.25) is 4.79 Å². The summed E-state index contributed by atoms with van der Waals surface area (Å²) in [6.45, 7) is 9.29. The van der Waals surface area contributed by atoms with Crippen LogP contribution in [0, 0.1) is 0 Å². The van der Waals surface area contributed by atoms with E-state index in [1.165, 1.54) is 0 Å². The molecule has 0 aliphatic heterocycles. The Balaban J connectivity index is 3.85. The molecule has 1 unspecified atom stereocenters. The van der Waals surface area contributed by atoms with Gasteiger partial charge in [-0.15, -0.1) is 0 Å². The molecule has 2 N–H and O–H groups in total. The Labute approximate surface area is 85.6 Å². The Hall–Kier alpha value is -1.51. The van der Waals surface area contributed by atoms with Crippen LogP contribution in [0.5, 0.6) is 0 Å². The van der Waals surface area contributed by atoms with E-state index >= 15 is 0 Å². The second kappa shape index (κ2) is 8.10. The molecular weight excluding hydrogens is 176 g/mol. The molecule has 0 aliphatic carbocycles. The van der Waals surface area contributed by atoms with Crippen LogP contribution in [0.4, 0.5) is 0 Å². The van der Waals surface area contributed by atoms with Crippen molar-refractivity contribution < 1.29 is 4.79 Å². The van der Waals surface area contributed by atoms with Crippen LogP contribution >= 0.6 is 0 Å². The van der Waals surface area contributed by atoms with Crippen molar-refractivity contribution in [1.82, 2.24) is 10.6 Å². The average molecular weight is 194 g/mol. The largest absolute Gasteiger partial charge is 0.385 e. The fraction of sp³-hybridized carbons (Fsp3) is 0.364. The average Bonchev–Trinajstić information content (AvgIpc) is 2.15. The summed E-state index contributed by atoms with van der Waals surface area (Å²) in [7, 11) is 0. The molecule has 0 aliphatic rings. The van der Waals surface area contributed by atoms with E-state index in [-0.39, 0.29) is 6.04 Å². The molecule has 1 amide bonds. The predicted octanol–water partition coefficient (Wildman–Crippen LogP) is 1.70. The van der Waals surface area contributed by atoms with Gasteiger partial charge in [-0.2, -0.15) is 0 Å². The third-order valence-corrected chi connectivity index (χ3v) is 1.78. The van der Waals surface area contributed by atoms with Gasteiger partial charge in [0.15, 0.2) is 0 Å². The monoisotopic (exact) mass is 194 g/mol. The summed E-state index contributed by atoms with van der Waals surface area (Å²) < 4.78 is 0. The summed E-state index contributed by atoms with van der Waals surface area (Å²) >= 11 is 0. The highest BCUT2D eigenvalue weighted by atomic mass is 16.1. The first kappa shape index (κ1) is 12.5. The summed E-state index contributed by atoms with van der Waals surface area (Å²) in [6, 6.07) is 0.253. The molecule has 3 heteroatoms. The molecule has 0 saturated carbocycles. The number of carbonyl (C=O) groups excluding carboxylic acids is 1. The molecule has 0 saturated heterocycles. The topological polar surface area (TPSA) is 41.1 Å². The number of amides is 1. The van der Waals surface area contributed by atoms with Crippen LogP contribution in [0.1, 0.15) is 19.8 Å².